The molecular weight excluding hydrogens is 336 g/mol. The Balaban J connectivity index is 2.58. The van der Waals surface area contributed by atoms with Crippen LogP contribution in [0, 0.1) is 11.8 Å². The topological polar surface area (TPSA) is 18.5 Å². The van der Waals surface area contributed by atoms with Crippen LogP contribution in [0.1, 0.15) is 73.4 Å². The second-order valence-electron chi connectivity index (χ2n) is 10.3. The van der Waals surface area contributed by atoms with Gasteiger partial charge in [-0.3, -0.25) is 0 Å². The molecule has 0 aromatic heterocycles. The van der Waals surface area contributed by atoms with Gasteiger partial charge in [0.2, 0.25) is 8.32 Å². The van der Waals surface area contributed by atoms with Crippen molar-refractivity contribution in [1.29, 1.82) is 0 Å². The second-order valence-corrected chi connectivity index (χ2v) is 15.0. The Bertz CT molecular complexity index is 693. The van der Waals surface area contributed by atoms with E-state index in [4.69, 9.17) is 9.16 Å². The Labute approximate surface area is 162 Å². The lowest BCUT2D eigenvalue weighted by Gasteiger charge is -2.36. The molecule has 2 rings (SSSR count). The normalized spacial score (nSPS) is 16.7. The summed E-state index contributed by atoms with van der Waals surface area (Å²) >= 11 is 0. The van der Waals surface area contributed by atoms with Crippen LogP contribution in [-0.2, 0) is 10.3 Å². The molecule has 1 aliphatic rings. The van der Waals surface area contributed by atoms with E-state index in [1.807, 2.05) is 0 Å². The molecule has 0 spiro atoms. The SMILES string of the molecule is CC(C)C(=C1OC(C)(C)c2ccc(O[Si](C)(C)C(C)(C)C)cc21)C(C)C. The van der Waals surface area contributed by atoms with Crippen molar-refractivity contribution in [3.8, 4) is 5.75 Å². The summed E-state index contributed by atoms with van der Waals surface area (Å²) in [5.74, 6) is 2.95. The van der Waals surface area contributed by atoms with Crippen molar-refractivity contribution in [2.24, 2.45) is 11.8 Å². The zero-order valence-electron chi connectivity index (χ0n) is 18.7. The summed E-state index contributed by atoms with van der Waals surface area (Å²) in [4.78, 5) is 0. The summed E-state index contributed by atoms with van der Waals surface area (Å²) in [7, 11) is -1.86. The number of rotatable bonds is 4. The van der Waals surface area contributed by atoms with Gasteiger partial charge >= 0.3 is 0 Å². The Morgan fingerprint density at radius 1 is 1.04 bits per heavy atom. The van der Waals surface area contributed by atoms with Crippen molar-refractivity contribution in [2.75, 3.05) is 0 Å². The number of fused-ring (bicyclic) bond motifs is 1. The van der Waals surface area contributed by atoms with Gasteiger partial charge in [0.15, 0.2) is 0 Å². The molecule has 0 radical (unpaired) electrons. The molecule has 0 saturated heterocycles. The number of ether oxygens (including phenoxy) is 1. The molecule has 0 saturated carbocycles. The predicted octanol–water partition coefficient (Wildman–Crippen LogP) is 7.36. The first-order valence-electron chi connectivity index (χ1n) is 9.94. The summed E-state index contributed by atoms with van der Waals surface area (Å²) in [6, 6.07) is 6.53. The third kappa shape index (κ3) is 3.88. The molecule has 0 N–H and O–H groups in total. The highest BCUT2D eigenvalue weighted by atomic mass is 28.4. The van der Waals surface area contributed by atoms with Gasteiger partial charge in [-0.15, -0.1) is 0 Å². The van der Waals surface area contributed by atoms with E-state index in [9.17, 15) is 0 Å². The quantitative estimate of drug-likeness (QED) is 0.512. The maximum Gasteiger partial charge on any atom is 0.250 e. The average Bonchev–Trinajstić information content (AvgIpc) is 2.67. The highest BCUT2D eigenvalue weighted by Crippen LogP contribution is 2.48. The van der Waals surface area contributed by atoms with Crippen LogP contribution >= 0.6 is 0 Å². The number of hydrogen-bond acceptors (Lipinski definition) is 2. The fraction of sp³-hybridized carbons (Fsp3) is 0.652. The molecule has 0 bridgehead atoms. The van der Waals surface area contributed by atoms with Gasteiger partial charge in [-0.05, 0) is 61.5 Å². The van der Waals surface area contributed by atoms with Gasteiger partial charge < -0.3 is 9.16 Å². The molecule has 0 amide bonds. The standard InChI is InChI=1S/C23H38O2Si/c1-15(2)20(16(3)4)21-18-14-17(25-26(10,11)22(5,6)7)12-13-19(18)23(8,9)24-21/h12-16H,1-11H3. The van der Waals surface area contributed by atoms with E-state index in [0.29, 0.717) is 11.8 Å². The second kappa shape index (κ2) is 6.74. The Morgan fingerprint density at radius 2 is 1.58 bits per heavy atom. The van der Waals surface area contributed by atoms with Crippen molar-refractivity contribution in [3.05, 3.63) is 34.9 Å². The maximum atomic E-state index is 6.57. The van der Waals surface area contributed by atoms with Crippen LogP contribution in [0.5, 0.6) is 5.75 Å². The minimum atomic E-state index is -1.86. The van der Waals surface area contributed by atoms with Crippen molar-refractivity contribution in [1.82, 2.24) is 0 Å². The molecule has 0 unspecified atom stereocenters. The van der Waals surface area contributed by atoms with Crippen molar-refractivity contribution in [3.63, 3.8) is 0 Å². The molecule has 146 valence electrons. The van der Waals surface area contributed by atoms with E-state index in [-0.39, 0.29) is 10.6 Å². The van der Waals surface area contributed by atoms with Gasteiger partial charge in [0.05, 0.1) is 0 Å². The van der Waals surface area contributed by atoms with Crippen molar-refractivity contribution in [2.45, 2.75) is 86.0 Å². The van der Waals surface area contributed by atoms with Crippen molar-refractivity contribution >= 4 is 14.1 Å². The van der Waals surface area contributed by atoms with Gasteiger partial charge in [0.25, 0.3) is 0 Å². The van der Waals surface area contributed by atoms with E-state index in [1.165, 1.54) is 16.7 Å². The molecule has 26 heavy (non-hydrogen) atoms. The van der Waals surface area contributed by atoms with E-state index >= 15 is 0 Å². The molecule has 1 aromatic carbocycles. The van der Waals surface area contributed by atoms with E-state index in [2.05, 4.69) is 93.6 Å². The lowest BCUT2D eigenvalue weighted by molar-refractivity contribution is 0.0904. The Kier molecular flexibility index (Phi) is 5.47. The van der Waals surface area contributed by atoms with Gasteiger partial charge in [0, 0.05) is 11.1 Å². The Morgan fingerprint density at radius 3 is 2.04 bits per heavy atom. The summed E-state index contributed by atoms with van der Waals surface area (Å²) in [6.45, 7) is 24.8. The van der Waals surface area contributed by atoms with E-state index < -0.39 is 8.32 Å². The van der Waals surface area contributed by atoms with Crippen LogP contribution in [-0.4, -0.2) is 8.32 Å². The first kappa shape index (κ1) is 21.1. The third-order valence-electron chi connectivity index (χ3n) is 5.93. The molecule has 0 aliphatic carbocycles. The average molecular weight is 375 g/mol. The van der Waals surface area contributed by atoms with Gasteiger partial charge in [-0.25, -0.2) is 0 Å². The fourth-order valence-electron chi connectivity index (χ4n) is 3.52. The van der Waals surface area contributed by atoms with Crippen LogP contribution in [0.25, 0.3) is 5.76 Å². The molecule has 3 heteroatoms. The zero-order chi connectivity index (χ0) is 20.1. The van der Waals surface area contributed by atoms with Gasteiger partial charge in [0.1, 0.15) is 17.1 Å². The van der Waals surface area contributed by atoms with Crippen LogP contribution in [0.4, 0.5) is 0 Å². The van der Waals surface area contributed by atoms with E-state index in [1.54, 1.807) is 0 Å². The maximum absolute atomic E-state index is 6.57. The first-order valence-corrected chi connectivity index (χ1v) is 12.8. The van der Waals surface area contributed by atoms with E-state index in [0.717, 1.165) is 11.5 Å². The molecular formula is C23H38O2Si. The predicted molar refractivity (Wildman–Crippen MR) is 115 cm³/mol. The van der Waals surface area contributed by atoms with Crippen LogP contribution < -0.4 is 4.43 Å². The van der Waals surface area contributed by atoms with Crippen LogP contribution in [0.15, 0.2) is 23.8 Å². The minimum Gasteiger partial charge on any atom is -0.543 e. The number of benzene rings is 1. The van der Waals surface area contributed by atoms with Gasteiger partial charge in [-0.2, -0.15) is 0 Å². The minimum absolute atomic E-state index is 0.182. The third-order valence-corrected chi connectivity index (χ3v) is 10.3. The largest absolute Gasteiger partial charge is 0.543 e. The number of allylic oxidation sites excluding steroid dienone is 1. The molecule has 1 aliphatic heterocycles. The molecule has 2 nitrogen and oxygen atoms in total. The summed E-state index contributed by atoms with van der Waals surface area (Å²) in [5, 5.41) is 0.182. The molecule has 1 heterocycles. The highest BCUT2D eigenvalue weighted by Gasteiger charge is 2.41. The monoisotopic (exact) mass is 374 g/mol. The van der Waals surface area contributed by atoms with Crippen LogP contribution in [0.3, 0.4) is 0 Å². The first-order chi connectivity index (χ1) is 11.7. The zero-order valence-corrected chi connectivity index (χ0v) is 19.7. The lowest BCUT2D eigenvalue weighted by atomic mass is 9.88. The lowest BCUT2D eigenvalue weighted by Crippen LogP contribution is -2.43. The molecule has 0 fully saturated rings. The molecule has 0 atom stereocenters. The van der Waals surface area contributed by atoms with Gasteiger partial charge in [-0.1, -0.05) is 54.5 Å². The summed E-state index contributed by atoms with van der Waals surface area (Å²) in [5.41, 5.74) is 3.56. The summed E-state index contributed by atoms with van der Waals surface area (Å²) < 4.78 is 13.1. The van der Waals surface area contributed by atoms with Crippen LogP contribution in [0.2, 0.25) is 18.1 Å². The molecule has 1 aromatic rings. The number of hydrogen-bond donors (Lipinski definition) is 0. The Hall–Kier alpha value is -1.22. The van der Waals surface area contributed by atoms with Crippen molar-refractivity contribution < 1.29 is 9.16 Å². The smallest absolute Gasteiger partial charge is 0.250 e. The fourth-order valence-corrected chi connectivity index (χ4v) is 4.54. The highest BCUT2D eigenvalue weighted by molar-refractivity contribution is 6.74. The summed E-state index contributed by atoms with van der Waals surface area (Å²) in [6.07, 6.45) is 0.